The summed E-state index contributed by atoms with van der Waals surface area (Å²) >= 11 is 0. The van der Waals surface area contributed by atoms with E-state index in [1.807, 2.05) is 26.2 Å². The molecule has 0 amide bonds. The Morgan fingerprint density at radius 1 is 1.40 bits per heavy atom. The van der Waals surface area contributed by atoms with Crippen molar-refractivity contribution < 1.29 is 5.11 Å². The van der Waals surface area contributed by atoms with Crippen molar-refractivity contribution in [1.82, 2.24) is 19.7 Å². The van der Waals surface area contributed by atoms with Crippen molar-refractivity contribution in [2.24, 2.45) is 7.05 Å². The number of aliphatic hydroxyl groups is 1. The fourth-order valence-corrected chi connectivity index (χ4v) is 1.97. The molecule has 0 aliphatic carbocycles. The van der Waals surface area contributed by atoms with Crippen molar-refractivity contribution in [3.8, 4) is 0 Å². The average molecular weight is 275 g/mol. The molecule has 0 radical (unpaired) electrons. The van der Waals surface area contributed by atoms with Gasteiger partial charge >= 0.3 is 0 Å². The van der Waals surface area contributed by atoms with E-state index in [9.17, 15) is 5.11 Å². The summed E-state index contributed by atoms with van der Waals surface area (Å²) in [7, 11) is 1.83. The second kappa shape index (κ2) is 5.58. The van der Waals surface area contributed by atoms with Gasteiger partial charge in [0.1, 0.15) is 17.2 Å². The van der Waals surface area contributed by atoms with E-state index in [1.54, 1.807) is 17.8 Å². The van der Waals surface area contributed by atoms with E-state index < -0.39 is 5.60 Å². The summed E-state index contributed by atoms with van der Waals surface area (Å²) in [5.41, 5.74) is 0.759. The number of hydrogen-bond acceptors (Lipinski definition) is 5. The molecule has 2 heterocycles. The third-order valence-corrected chi connectivity index (χ3v) is 3.19. The SMILES string of the molecule is CCc1cc(NCC(C)(O)c2cnn(C)c2)nc(C)n1. The molecule has 0 fully saturated rings. The van der Waals surface area contributed by atoms with E-state index in [1.165, 1.54) is 0 Å². The Bertz CT molecular complexity index is 591. The molecule has 0 bridgehead atoms. The zero-order valence-electron chi connectivity index (χ0n) is 12.4. The molecule has 0 aliphatic heterocycles. The summed E-state index contributed by atoms with van der Waals surface area (Å²) in [6.45, 7) is 6.03. The number of aryl methyl sites for hydroxylation is 3. The number of anilines is 1. The summed E-state index contributed by atoms with van der Waals surface area (Å²) in [4.78, 5) is 8.66. The minimum atomic E-state index is -1.00. The molecule has 6 heteroatoms. The monoisotopic (exact) mass is 275 g/mol. The van der Waals surface area contributed by atoms with E-state index in [4.69, 9.17) is 0 Å². The second-order valence-electron chi connectivity index (χ2n) is 5.18. The molecule has 2 N–H and O–H groups in total. The normalized spacial score (nSPS) is 14.1. The van der Waals surface area contributed by atoms with E-state index in [2.05, 4.69) is 27.3 Å². The lowest BCUT2D eigenvalue weighted by Crippen LogP contribution is -2.30. The Labute approximate surface area is 118 Å². The van der Waals surface area contributed by atoms with E-state index in [0.29, 0.717) is 6.54 Å². The Morgan fingerprint density at radius 3 is 2.75 bits per heavy atom. The largest absolute Gasteiger partial charge is 0.383 e. The molecule has 0 aliphatic rings. The van der Waals surface area contributed by atoms with Crippen LogP contribution in [0.3, 0.4) is 0 Å². The van der Waals surface area contributed by atoms with Gasteiger partial charge in [0.05, 0.1) is 6.20 Å². The van der Waals surface area contributed by atoms with Gasteiger partial charge in [0.2, 0.25) is 0 Å². The summed E-state index contributed by atoms with van der Waals surface area (Å²) < 4.78 is 1.67. The van der Waals surface area contributed by atoms with Crippen LogP contribution in [0.1, 0.15) is 30.9 Å². The molecule has 0 saturated heterocycles. The highest BCUT2D eigenvalue weighted by Gasteiger charge is 2.24. The first-order valence-electron chi connectivity index (χ1n) is 6.70. The highest BCUT2D eigenvalue weighted by Crippen LogP contribution is 2.20. The van der Waals surface area contributed by atoms with Gasteiger partial charge in [0.15, 0.2) is 0 Å². The van der Waals surface area contributed by atoms with Gasteiger partial charge in [0.25, 0.3) is 0 Å². The van der Waals surface area contributed by atoms with Gasteiger partial charge in [-0.05, 0) is 20.3 Å². The average Bonchev–Trinajstić information content (AvgIpc) is 2.83. The summed E-state index contributed by atoms with van der Waals surface area (Å²) in [6, 6.07) is 1.91. The van der Waals surface area contributed by atoms with E-state index in [0.717, 1.165) is 29.3 Å². The lowest BCUT2D eigenvalue weighted by atomic mass is 10.00. The molecular formula is C14H21N5O. The van der Waals surface area contributed by atoms with Crippen molar-refractivity contribution in [3.05, 3.63) is 35.5 Å². The van der Waals surface area contributed by atoms with Gasteiger partial charge in [-0.3, -0.25) is 4.68 Å². The van der Waals surface area contributed by atoms with Crippen LogP contribution in [0, 0.1) is 6.92 Å². The predicted octanol–water partition coefficient (Wildman–Crippen LogP) is 1.40. The second-order valence-corrected chi connectivity index (χ2v) is 5.18. The molecule has 0 aromatic carbocycles. The van der Waals surface area contributed by atoms with Crippen LogP contribution in [0.25, 0.3) is 0 Å². The number of nitrogens with one attached hydrogen (secondary N) is 1. The third kappa shape index (κ3) is 3.33. The molecule has 2 rings (SSSR count). The van der Waals surface area contributed by atoms with Crippen LogP contribution in [-0.4, -0.2) is 31.4 Å². The smallest absolute Gasteiger partial charge is 0.130 e. The van der Waals surface area contributed by atoms with Crippen molar-refractivity contribution in [2.45, 2.75) is 32.8 Å². The Kier molecular flexibility index (Phi) is 4.04. The lowest BCUT2D eigenvalue weighted by Gasteiger charge is -2.22. The predicted molar refractivity (Wildman–Crippen MR) is 77.4 cm³/mol. The van der Waals surface area contributed by atoms with Crippen LogP contribution in [0.15, 0.2) is 18.5 Å². The van der Waals surface area contributed by atoms with Crippen molar-refractivity contribution in [1.29, 1.82) is 0 Å². The molecule has 0 saturated carbocycles. The van der Waals surface area contributed by atoms with Crippen LogP contribution < -0.4 is 5.32 Å². The number of hydrogen-bond donors (Lipinski definition) is 2. The lowest BCUT2D eigenvalue weighted by molar-refractivity contribution is 0.0713. The van der Waals surface area contributed by atoms with Gasteiger partial charge in [0, 0.05) is 37.1 Å². The molecule has 2 aromatic heterocycles. The first kappa shape index (κ1) is 14.5. The quantitative estimate of drug-likeness (QED) is 0.862. The molecule has 108 valence electrons. The standard InChI is InChI=1S/C14H21N5O/c1-5-12-6-13(18-10(2)17-12)15-9-14(3,20)11-7-16-19(4)8-11/h6-8,20H,5,9H2,1-4H3,(H,15,17,18). The Balaban J connectivity index is 2.09. The van der Waals surface area contributed by atoms with Crippen LogP contribution in [-0.2, 0) is 19.1 Å². The molecule has 20 heavy (non-hydrogen) atoms. The highest BCUT2D eigenvalue weighted by atomic mass is 16.3. The summed E-state index contributed by atoms with van der Waals surface area (Å²) in [6.07, 6.45) is 4.34. The highest BCUT2D eigenvalue weighted by molar-refractivity contribution is 5.37. The van der Waals surface area contributed by atoms with Gasteiger partial charge in [-0.2, -0.15) is 5.10 Å². The molecule has 1 atom stereocenters. The minimum absolute atomic E-state index is 0.359. The van der Waals surface area contributed by atoms with Crippen LogP contribution in [0.2, 0.25) is 0 Å². The molecular weight excluding hydrogens is 254 g/mol. The molecule has 6 nitrogen and oxygen atoms in total. The third-order valence-electron chi connectivity index (χ3n) is 3.19. The van der Waals surface area contributed by atoms with Crippen LogP contribution in [0.4, 0.5) is 5.82 Å². The number of nitrogens with zero attached hydrogens (tertiary/aromatic N) is 4. The van der Waals surface area contributed by atoms with E-state index >= 15 is 0 Å². The summed E-state index contributed by atoms with van der Waals surface area (Å²) in [5.74, 6) is 1.46. The molecule has 1 unspecified atom stereocenters. The van der Waals surface area contributed by atoms with Gasteiger partial charge < -0.3 is 10.4 Å². The molecule has 2 aromatic rings. The maximum Gasteiger partial charge on any atom is 0.130 e. The Morgan fingerprint density at radius 2 is 2.15 bits per heavy atom. The first-order chi connectivity index (χ1) is 9.40. The van der Waals surface area contributed by atoms with Gasteiger partial charge in [-0.1, -0.05) is 6.92 Å². The van der Waals surface area contributed by atoms with Gasteiger partial charge in [-0.25, -0.2) is 9.97 Å². The van der Waals surface area contributed by atoms with Crippen molar-refractivity contribution >= 4 is 5.82 Å². The van der Waals surface area contributed by atoms with Crippen molar-refractivity contribution in [3.63, 3.8) is 0 Å². The van der Waals surface area contributed by atoms with Crippen molar-refractivity contribution in [2.75, 3.05) is 11.9 Å². The zero-order valence-corrected chi connectivity index (χ0v) is 12.4. The maximum absolute atomic E-state index is 10.5. The zero-order chi connectivity index (χ0) is 14.8. The fourth-order valence-electron chi connectivity index (χ4n) is 1.97. The maximum atomic E-state index is 10.5. The first-order valence-corrected chi connectivity index (χ1v) is 6.70. The minimum Gasteiger partial charge on any atom is -0.383 e. The summed E-state index contributed by atoms with van der Waals surface area (Å²) in [5, 5.41) is 17.7. The molecule has 0 spiro atoms. The topological polar surface area (TPSA) is 75.9 Å². The fraction of sp³-hybridized carbons (Fsp3) is 0.500. The Hall–Kier alpha value is -1.95. The van der Waals surface area contributed by atoms with Crippen LogP contribution >= 0.6 is 0 Å². The number of rotatable bonds is 5. The van der Waals surface area contributed by atoms with Crippen LogP contribution in [0.5, 0.6) is 0 Å². The van der Waals surface area contributed by atoms with Gasteiger partial charge in [-0.15, -0.1) is 0 Å². The number of aromatic nitrogens is 4. The van der Waals surface area contributed by atoms with E-state index in [-0.39, 0.29) is 0 Å².